The van der Waals surface area contributed by atoms with Crippen LogP contribution in [0, 0.1) is 6.92 Å². The van der Waals surface area contributed by atoms with Gasteiger partial charge in [-0.05, 0) is 31.5 Å². The molecular weight excluding hydrogens is 446 g/mol. The van der Waals surface area contributed by atoms with Crippen molar-refractivity contribution < 1.29 is 28.6 Å². The van der Waals surface area contributed by atoms with Crippen molar-refractivity contribution in [1.82, 2.24) is 4.90 Å². The first-order chi connectivity index (χ1) is 15.9. The Morgan fingerprint density at radius 3 is 2.33 bits per heavy atom. The third-order valence-corrected chi connectivity index (χ3v) is 6.59. The summed E-state index contributed by atoms with van der Waals surface area (Å²) in [5.41, 5.74) is 1.65. The van der Waals surface area contributed by atoms with Gasteiger partial charge in [0, 0.05) is 26.2 Å². The van der Waals surface area contributed by atoms with E-state index in [-0.39, 0.29) is 27.9 Å². The first kappa shape index (κ1) is 24.5. The molecule has 33 heavy (non-hydrogen) atoms. The number of carbonyl (C=O) groups excluding carboxylic acids is 3. The molecule has 1 aliphatic heterocycles. The molecule has 0 unspecified atom stereocenters. The molecule has 2 heterocycles. The standard InChI is InChI=1S/C23H29N3O6S/c1-5-32-17-9-7-6-8-16(17)26-12-10-25(11-13-26)14-18(27)24-21-19(22(28)30-3)15(2)20(33-21)23(29)31-4/h6-9H,5,10-14H2,1-4H3,(H,24,27). The van der Waals surface area contributed by atoms with Crippen molar-refractivity contribution in [3.05, 3.63) is 40.3 Å². The molecule has 0 saturated carbocycles. The minimum Gasteiger partial charge on any atom is -0.492 e. The van der Waals surface area contributed by atoms with E-state index in [2.05, 4.69) is 15.1 Å². The number of benzene rings is 1. The number of thiophene rings is 1. The van der Waals surface area contributed by atoms with E-state index in [1.807, 2.05) is 31.2 Å². The SMILES string of the molecule is CCOc1ccccc1N1CCN(CC(=O)Nc2sc(C(=O)OC)c(C)c2C(=O)OC)CC1. The lowest BCUT2D eigenvalue weighted by atomic mass is 10.1. The molecular formula is C23H29N3O6S. The molecule has 0 bridgehead atoms. The number of rotatable bonds is 8. The van der Waals surface area contributed by atoms with Crippen LogP contribution < -0.4 is 15.0 Å². The molecule has 0 aliphatic carbocycles. The number of nitrogens with zero attached hydrogens (tertiary/aromatic N) is 2. The number of esters is 2. The predicted molar refractivity (Wildman–Crippen MR) is 127 cm³/mol. The molecule has 10 heteroatoms. The van der Waals surface area contributed by atoms with Crippen LogP contribution in [0.15, 0.2) is 24.3 Å². The van der Waals surface area contributed by atoms with Crippen molar-refractivity contribution in [2.45, 2.75) is 13.8 Å². The molecule has 0 atom stereocenters. The average molecular weight is 476 g/mol. The molecule has 178 valence electrons. The van der Waals surface area contributed by atoms with E-state index in [0.29, 0.717) is 25.3 Å². The van der Waals surface area contributed by atoms with Gasteiger partial charge >= 0.3 is 11.9 Å². The van der Waals surface area contributed by atoms with Crippen LogP contribution >= 0.6 is 11.3 Å². The van der Waals surface area contributed by atoms with Crippen molar-refractivity contribution >= 4 is 39.9 Å². The fourth-order valence-corrected chi connectivity index (χ4v) is 4.88. The second kappa shape index (κ2) is 11.2. The molecule has 9 nitrogen and oxygen atoms in total. The van der Waals surface area contributed by atoms with Gasteiger partial charge in [-0.2, -0.15) is 0 Å². The Morgan fingerprint density at radius 2 is 1.70 bits per heavy atom. The van der Waals surface area contributed by atoms with E-state index >= 15 is 0 Å². The molecule has 1 saturated heterocycles. The first-order valence-electron chi connectivity index (χ1n) is 10.7. The van der Waals surface area contributed by atoms with Gasteiger partial charge in [-0.1, -0.05) is 12.1 Å². The van der Waals surface area contributed by atoms with Crippen LogP contribution in [0.5, 0.6) is 5.75 Å². The lowest BCUT2D eigenvalue weighted by molar-refractivity contribution is -0.117. The minimum atomic E-state index is -0.615. The molecule has 0 radical (unpaired) electrons. The molecule has 1 aliphatic rings. The van der Waals surface area contributed by atoms with Crippen LogP contribution in [0.4, 0.5) is 10.7 Å². The van der Waals surface area contributed by atoms with Gasteiger partial charge in [0.15, 0.2) is 0 Å². The van der Waals surface area contributed by atoms with Crippen LogP contribution in [-0.2, 0) is 14.3 Å². The van der Waals surface area contributed by atoms with E-state index in [0.717, 1.165) is 35.9 Å². The zero-order valence-electron chi connectivity index (χ0n) is 19.3. The largest absolute Gasteiger partial charge is 0.492 e. The summed E-state index contributed by atoms with van der Waals surface area (Å²) in [6.45, 7) is 7.29. The summed E-state index contributed by atoms with van der Waals surface area (Å²) < 4.78 is 15.4. The van der Waals surface area contributed by atoms with Crippen LogP contribution in [0.2, 0.25) is 0 Å². The summed E-state index contributed by atoms with van der Waals surface area (Å²) >= 11 is 1.01. The van der Waals surface area contributed by atoms with Crippen molar-refractivity contribution in [2.24, 2.45) is 0 Å². The number of methoxy groups -OCH3 is 2. The Morgan fingerprint density at radius 1 is 1.03 bits per heavy atom. The van der Waals surface area contributed by atoms with Crippen LogP contribution in [0.25, 0.3) is 0 Å². The van der Waals surface area contributed by atoms with Crippen LogP contribution in [0.1, 0.15) is 32.5 Å². The highest BCUT2D eigenvalue weighted by Gasteiger charge is 2.27. The number of para-hydroxylation sites is 2. The third kappa shape index (κ3) is 5.63. The maximum absolute atomic E-state index is 12.7. The zero-order valence-corrected chi connectivity index (χ0v) is 20.1. The quantitative estimate of drug-likeness (QED) is 0.582. The van der Waals surface area contributed by atoms with Gasteiger partial charge in [0.1, 0.15) is 15.6 Å². The smallest absolute Gasteiger partial charge is 0.348 e. The molecule has 1 aromatic heterocycles. The summed E-state index contributed by atoms with van der Waals surface area (Å²) in [4.78, 5) is 41.6. The summed E-state index contributed by atoms with van der Waals surface area (Å²) in [6, 6.07) is 7.95. The number of hydrogen-bond donors (Lipinski definition) is 1. The average Bonchev–Trinajstić information content (AvgIpc) is 3.14. The van der Waals surface area contributed by atoms with Gasteiger partial charge in [0.05, 0.1) is 38.6 Å². The van der Waals surface area contributed by atoms with Crippen molar-refractivity contribution in [2.75, 3.05) is 63.8 Å². The number of ether oxygens (including phenoxy) is 3. The highest BCUT2D eigenvalue weighted by atomic mass is 32.1. The van der Waals surface area contributed by atoms with Crippen molar-refractivity contribution in [3.63, 3.8) is 0 Å². The molecule has 1 N–H and O–H groups in total. The van der Waals surface area contributed by atoms with Gasteiger partial charge < -0.3 is 24.4 Å². The molecule has 0 spiro atoms. The summed E-state index contributed by atoms with van der Waals surface area (Å²) in [5.74, 6) is -0.584. The summed E-state index contributed by atoms with van der Waals surface area (Å²) in [5, 5.41) is 3.06. The van der Waals surface area contributed by atoms with E-state index in [9.17, 15) is 14.4 Å². The number of nitrogens with one attached hydrogen (secondary N) is 1. The Labute approximate surface area is 197 Å². The Kier molecular flexibility index (Phi) is 8.29. The fraction of sp³-hybridized carbons (Fsp3) is 0.435. The summed E-state index contributed by atoms with van der Waals surface area (Å²) in [7, 11) is 2.52. The van der Waals surface area contributed by atoms with Gasteiger partial charge in [0.2, 0.25) is 5.91 Å². The van der Waals surface area contributed by atoms with Gasteiger partial charge in [0.25, 0.3) is 0 Å². The highest BCUT2D eigenvalue weighted by molar-refractivity contribution is 7.18. The van der Waals surface area contributed by atoms with Gasteiger partial charge in [-0.25, -0.2) is 9.59 Å². The van der Waals surface area contributed by atoms with Crippen molar-refractivity contribution in [1.29, 1.82) is 0 Å². The highest BCUT2D eigenvalue weighted by Crippen LogP contribution is 2.34. The Bertz CT molecular complexity index is 1010. The number of amides is 1. The number of anilines is 2. The van der Waals surface area contributed by atoms with E-state index < -0.39 is 11.9 Å². The topological polar surface area (TPSA) is 97.4 Å². The predicted octanol–water partition coefficient (Wildman–Crippen LogP) is 2.79. The molecule has 1 amide bonds. The van der Waals surface area contributed by atoms with Crippen LogP contribution in [-0.4, -0.2) is 76.3 Å². The third-order valence-electron chi connectivity index (χ3n) is 5.41. The minimum absolute atomic E-state index is 0.173. The second-order valence-corrected chi connectivity index (χ2v) is 8.48. The number of carbonyl (C=O) groups is 3. The second-order valence-electron chi connectivity index (χ2n) is 7.46. The first-order valence-corrected chi connectivity index (χ1v) is 11.5. The maximum atomic E-state index is 12.7. The van der Waals surface area contributed by atoms with E-state index in [1.54, 1.807) is 6.92 Å². The van der Waals surface area contributed by atoms with Crippen molar-refractivity contribution in [3.8, 4) is 5.75 Å². The Hall–Kier alpha value is -3.11. The van der Waals surface area contributed by atoms with Crippen LogP contribution in [0.3, 0.4) is 0 Å². The molecule has 2 aromatic rings. The zero-order chi connectivity index (χ0) is 24.0. The fourth-order valence-electron chi connectivity index (χ4n) is 3.75. The van der Waals surface area contributed by atoms with E-state index in [1.165, 1.54) is 14.2 Å². The lowest BCUT2D eigenvalue weighted by Gasteiger charge is -2.36. The Balaban J connectivity index is 1.64. The number of piperazine rings is 1. The van der Waals surface area contributed by atoms with Gasteiger partial charge in [-0.3, -0.25) is 9.69 Å². The number of hydrogen-bond acceptors (Lipinski definition) is 9. The van der Waals surface area contributed by atoms with Gasteiger partial charge in [-0.15, -0.1) is 11.3 Å². The normalized spacial score (nSPS) is 14.0. The summed E-state index contributed by atoms with van der Waals surface area (Å²) in [6.07, 6.45) is 0. The maximum Gasteiger partial charge on any atom is 0.348 e. The van der Waals surface area contributed by atoms with E-state index in [4.69, 9.17) is 14.2 Å². The monoisotopic (exact) mass is 475 g/mol. The molecule has 3 rings (SSSR count). The lowest BCUT2D eigenvalue weighted by Crippen LogP contribution is -2.48. The molecule has 1 fully saturated rings. The molecule has 1 aromatic carbocycles.